The molecule has 18 heavy (non-hydrogen) atoms. The van der Waals surface area contributed by atoms with Gasteiger partial charge in [-0.1, -0.05) is 23.2 Å². The lowest BCUT2D eigenvalue weighted by atomic mass is 10.5. The number of tetrazole rings is 1. The molecule has 0 spiro atoms. The van der Waals surface area contributed by atoms with Crippen LogP contribution in [0, 0.1) is 0 Å². The Morgan fingerprint density at radius 3 is 2.89 bits per heavy atom. The SMILES string of the molecule is O=c1c(Cl)c(Cl)cnn1Cc1nnnn1C1CC1. The summed E-state index contributed by atoms with van der Waals surface area (Å²) in [4.78, 5) is 11.8. The quantitative estimate of drug-likeness (QED) is 0.838. The van der Waals surface area contributed by atoms with E-state index >= 15 is 0 Å². The lowest BCUT2D eigenvalue weighted by molar-refractivity contribution is 0.538. The van der Waals surface area contributed by atoms with Gasteiger partial charge in [-0.15, -0.1) is 5.10 Å². The second-order valence-corrected chi connectivity index (χ2v) is 4.83. The molecule has 1 fully saturated rings. The van der Waals surface area contributed by atoms with E-state index in [1.807, 2.05) is 0 Å². The van der Waals surface area contributed by atoms with Crippen molar-refractivity contribution < 1.29 is 0 Å². The smallest absolute Gasteiger partial charge is 0.266 e. The number of halogens is 2. The molecule has 94 valence electrons. The molecule has 1 saturated carbocycles. The van der Waals surface area contributed by atoms with E-state index < -0.39 is 5.56 Å². The molecule has 3 rings (SSSR count). The van der Waals surface area contributed by atoms with Crippen molar-refractivity contribution in [2.75, 3.05) is 0 Å². The molecule has 0 saturated heterocycles. The zero-order valence-electron chi connectivity index (χ0n) is 9.12. The average molecular weight is 287 g/mol. The zero-order chi connectivity index (χ0) is 12.7. The Hall–Kier alpha value is -1.47. The van der Waals surface area contributed by atoms with Crippen LogP contribution in [0.1, 0.15) is 24.7 Å². The van der Waals surface area contributed by atoms with Crippen molar-refractivity contribution in [2.45, 2.75) is 25.4 Å². The first-order valence-electron chi connectivity index (χ1n) is 5.34. The van der Waals surface area contributed by atoms with E-state index in [1.165, 1.54) is 10.9 Å². The Labute approximate surface area is 111 Å². The second kappa shape index (κ2) is 4.33. The van der Waals surface area contributed by atoms with Crippen LogP contribution in [-0.4, -0.2) is 30.0 Å². The molecule has 9 heteroatoms. The molecule has 2 aromatic heterocycles. The van der Waals surface area contributed by atoms with Gasteiger partial charge in [-0.05, 0) is 23.3 Å². The summed E-state index contributed by atoms with van der Waals surface area (Å²) in [5, 5.41) is 15.4. The summed E-state index contributed by atoms with van der Waals surface area (Å²) < 4.78 is 2.91. The van der Waals surface area contributed by atoms with E-state index in [-0.39, 0.29) is 16.6 Å². The first kappa shape index (κ1) is 11.6. The fourth-order valence-corrected chi connectivity index (χ4v) is 1.88. The zero-order valence-corrected chi connectivity index (χ0v) is 10.6. The summed E-state index contributed by atoms with van der Waals surface area (Å²) in [5.74, 6) is 0.588. The van der Waals surface area contributed by atoms with E-state index in [2.05, 4.69) is 20.6 Å². The lowest BCUT2D eigenvalue weighted by Gasteiger charge is -2.05. The van der Waals surface area contributed by atoms with Gasteiger partial charge in [-0.2, -0.15) is 5.10 Å². The van der Waals surface area contributed by atoms with Crippen molar-refractivity contribution in [3.8, 4) is 0 Å². The molecule has 2 aromatic rings. The van der Waals surface area contributed by atoms with Gasteiger partial charge in [0.05, 0.1) is 17.3 Å². The van der Waals surface area contributed by atoms with Gasteiger partial charge < -0.3 is 0 Å². The molecule has 0 amide bonds. The third-order valence-corrected chi connectivity index (χ3v) is 3.44. The second-order valence-electron chi connectivity index (χ2n) is 4.04. The highest BCUT2D eigenvalue weighted by Crippen LogP contribution is 2.34. The Morgan fingerprint density at radius 1 is 1.39 bits per heavy atom. The molecule has 2 heterocycles. The minimum Gasteiger partial charge on any atom is -0.266 e. The Bertz CT molecular complexity index is 647. The lowest BCUT2D eigenvalue weighted by Crippen LogP contribution is -2.25. The topological polar surface area (TPSA) is 78.5 Å². The first-order valence-corrected chi connectivity index (χ1v) is 6.10. The van der Waals surface area contributed by atoms with Crippen LogP contribution in [0.3, 0.4) is 0 Å². The van der Waals surface area contributed by atoms with E-state index in [0.717, 1.165) is 12.8 Å². The Morgan fingerprint density at radius 2 is 2.17 bits per heavy atom. The van der Waals surface area contributed by atoms with Gasteiger partial charge in [0.1, 0.15) is 11.6 Å². The molecule has 0 bridgehead atoms. The molecule has 0 aliphatic heterocycles. The third-order valence-electron chi connectivity index (χ3n) is 2.69. The maximum atomic E-state index is 11.8. The first-order chi connectivity index (χ1) is 8.66. The van der Waals surface area contributed by atoms with Crippen LogP contribution in [0.15, 0.2) is 11.0 Å². The highest BCUT2D eigenvalue weighted by Gasteiger charge is 2.28. The van der Waals surface area contributed by atoms with E-state index in [1.54, 1.807) is 4.68 Å². The van der Waals surface area contributed by atoms with Crippen LogP contribution >= 0.6 is 23.2 Å². The largest absolute Gasteiger partial charge is 0.287 e. The maximum absolute atomic E-state index is 11.8. The Kier molecular flexibility index (Phi) is 2.79. The van der Waals surface area contributed by atoms with Crippen LogP contribution in [0.5, 0.6) is 0 Å². The molecule has 7 nitrogen and oxygen atoms in total. The summed E-state index contributed by atoms with van der Waals surface area (Å²) in [6.07, 6.45) is 3.44. The fourth-order valence-electron chi connectivity index (χ4n) is 1.61. The predicted molar refractivity (Wildman–Crippen MR) is 63.7 cm³/mol. The molecule has 0 aromatic carbocycles. The monoisotopic (exact) mass is 286 g/mol. The van der Waals surface area contributed by atoms with Crippen molar-refractivity contribution in [1.29, 1.82) is 0 Å². The van der Waals surface area contributed by atoms with Gasteiger partial charge >= 0.3 is 0 Å². The molecular formula is C9H8Cl2N6O. The predicted octanol–water partition coefficient (Wildman–Crippen LogP) is 0.920. The van der Waals surface area contributed by atoms with E-state index in [4.69, 9.17) is 23.2 Å². The molecule has 0 atom stereocenters. The molecule has 0 unspecified atom stereocenters. The van der Waals surface area contributed by atoms with Gasteiger partial charge in [-0.25, -0.2) is 9.36 Å². The number of hydrogen-bond donors (Lipinski definition) is 0. The summed E-state index contributed by atoms with van der Waals surface area (Å²) in [5.41, 5.74) is -0.450. The van der Waals surface area contributed by atoms with E-state index in [9.17, 15) is 4.79 Å². The Balaban J connectivity index is 1.95. The van der Waals surface area contributed by atoms with Crippen LogP contribution in [0.4, 0.5) is 0 Å². The number of rotatable bonds is 3. The number of hydrogen-bond acceptors (Lipinski definition) is 5. The number of nitrogens with zero attached hydrogens (tertiary/aromatic N) is 6. The fraction of sp³-hybridized carbons (Fsp3) is 0.444. The summed E-state index contributed by atoms with van der Waals surface area (Å²) in [6, 6.07) is 0.341. The van der Waals surface area contributed by atoms with Crippen LogP contribution < -0.4 is 5.56 Å². The van der Waals surface area contributed by atoms with Crippen molar-refractivity contribution >= 4 is 23.2 Å². The third kappa shape index (κ3) is 1.99. The normalized spacial score (nSPS) is 15.0. The van der Waals surface area contributed by atoms with Gasteiger partial charge in [0, 0.05) is 0 Å². The summed E-state index contributed by atoms with van der Waals surface area (Å²) >= 11 is 11.5. The van der Waals surface area contributed by atoms with Gasteiger partial charge in [-0.3, -0.25) is 4.79 Å². The molecule has 1 aliphatic rings. The highest BCUT2D eigenvalue weighted by atomic mass is 35.5. The van der Waals surface area contributed by atoms with Crippen molar-refractivity contribution in [1.82, 2.24) is 30.0 Å². The summed E-state index contributed by atoms with van der Waals surface area (Å²) in [7, 11) is 0. The summed E-state index contributed by atoms with van der Waals surface area (Å²) in [6.45, 7) is 0.180. The van der Waals surface area contributed by atoms with Gasteiger partial charge in [0.15, 0.2) is 5.82 Å². The standard InChI is InChI=1S/C9H8Cl2N6O/c10-6-3-12-16(9(18)8(6)11)4-7-13-14-15-17(7)5-1-2-5/h3,5H,1-2,4H2. The molecule has 1 aliphatic carbocycles. The maximum Gasteiger partial charge on any atom is 0.287 e. The van der Waals surface area contributed by atoms with E-state index in [0.29, 0.717) is 11.9 Å². The average Bonchev–Trinajstić information content (AvgIpc) is 3.11. The molecular weight excluding hydrogens is 279 g/mol. The van der Waals surface area contributed by atoms with Crippen LogP contribution in [0.2, 0.25) is 10.0 Å². The minimum absolute atomic E-state index is 0.0443. The van der Waals surface area contributed by atoms with Crippen molar-refractivity contribution in [3.05, 3.63) is 32.4 Å². The van der Waals surface area contributed by atoms with Crippen molar-refractivity contribution in [2.24, 2.45) is 0 Å². The van der Waals surface area contributed by atoms with Crippen LogP contribution in [0.25, 0.3) is 0 Å². The minimum atomic E-state index is -0.450. The molecule has 0 radical (unpaired) electrons. The van der Waals surface area contributed by atoms with Crippen molar-refractivity contribution in [3.63, 3.8) is 0 Å². The number of aromatic nitrogens is 6. The molecule has 0 N–H and O–H groups in total. The van der Waals surface area contributed by atoms with Crippen LogP contribution in [-0.2, 0) is 6.54 Å². The van der Waals surface area contributed by atoms with Gasteiger partial charge in [0.2, 0.25) is 0 Å². The van der Waals surface area contributed by atoms with Gasteiger partial charge in [0.25, 0.3) is 5.56 Å². The highest BCUT2D eigenvalue weighted by molar-refractivity contribution is 6.41.